The summed E-state index contributed by atoms with van der Waals surface area (Å²) >= 11 is 0. The van der Waals surface area contributed by atoms with E-state index in [9.17, 15) is 4.79 Å². The highest BCUT2D eigenvalue weighted by molar-refractivity contribution is 6.62. The van der Waals surface area contributed by atoms with E-state index in [4.69, 9.17) is 14.0 Å². The Morgan fingerprint density at radius 2 is 1.67 bits per heavy atom. The highest BCUT2D eigenvalue weighted by atomic mass is 16.7. The number of hydrogen-bond acceptors (Lipinski definition) is 5. The van der Waals surface area contributed by atoms with E-state index in [0.717, 1.165) is 10.8 Å². The van der Waals surface area contributed by atoms with Crippen LogP contribution in [-0.4, -0.2) is 39.8 Å². The molecule has 0 aliphatic carbocycles. The van der Waals surface area contributed by atoms with Crippen LogP contribution in [0.15, 0.2) is 24.4 Å². The number of nitrogens with zero attached hydrogens (tertiary/aromatic N) is 2. The highest BCUT2D eigenvalue weighted by Crippen LogP contribution is 2.36. The predicted octanol–water partition coefficient (Wildman–Crippen LogP) is 4.14. The van der Waals surface area contributed by atoms with Crippen LogP contribution in [0.3, 0.4) is 0 Å². The van der Waals surface area contributed by atoms with Crippen molar-refractivity contribution < 1.29 is 18.8 Å². The number of hydrogen-bond donors (Lipinski definition) is 0. The molecular formula is C20H31BN2O4. The van der Waals surface area contributed by atoms with E-state index in [-0.39, 0.29) is 0 Å². The van der Waals surface area contributed by atoms with Crippen molar-refractivity contribution in [3.05, 3.63) is 24.4 Å². The van der Waals surface area contributed by atoms with E-state index in [1.165, 1.54) is 4.68 Å². The van der Waals surface area contributed by atoms with E-state index in [1.807, 2.05) is 80.5 Å². The Morgan fingerprint density at radius 3 is 2.19 bits per heavy atom. The number of rotatable bonds is 1. The maximum atomic E-state index is 12.3. The summed E-state index contributed by atoms with van der Waals surface area (Å²) in [5, 5.41) is 5.00. The molecule has 0 saturated carbocycles. The maximum Gasteiger partial charge on any atom is 0.494 e. The van der Waals surface area contributed by atoms with Crippen molar-refractivity contribution in [3.63, 3.8) is 0 Å². The molecule has 0 radical (unpaired) electrons. The first kappa shape index (κ1) is 21.4. The number of fused-ring (bicyclic) bond motifs is 1. The zero-order valence-corrected chi connectivity index (χ0v) is 17.9. The van der Waals surface area contributed by atoms with Gasteiger partial charge in [-0.2, -0.15) is 9.78 Å². The summed E-state index contributed by atoms with van der Waals surface area (Å²) in [5.74, 6) is 0. The van der Waals surface area contributed by atoms with Gasteiger partial charge in [-0.3, -0.25) is 0 Å². The van der Waals surface area contributed by atoms with Gasteiger partial charge >= 0.3 is 13.2 Å². The molecule has 6 nitrogen and oxygen atoms in total. The molecule has 27 heavy (non-hydrogen) atoms. The van der Waals surface area contributed by atoms with Gasteiger partial charge in [0.15, 0.2) is 0 Å². The van der Waals surface area contributed by atoms with Gasteiger partial charge in [-0.15, -0.1) is 0 Å². The van der Waals surface area contributed by atoms with Crippen molar-refractivity contribution in [1.29, 1.82) is 0 Å². The van der Waals surface area contributed by atoms with Crippen LogP contribution in [0.25, 0.3) is 10.9 Å². The Balaban J connectivity index is 0.00000126. The average Bonchev–Trinajstić information content (AvgIpc) is 3.05. The molecule has 0 bridgehead atoms. The lowest BCUT2D eigenvalue weighted by molar-refractivity contribution is 0.00578. The van der Waals surface area contributed by atoms with Crippen molar-refractivity contribution >= 4 is 29.6 Å². The largest absolute Gasteiger partial charge is 0.494 e. The van der Waals surface area contributed by atoms with Crippen molar-refractivity contribution in [1.82, 2.24) is 9.78 Å². The summed E-state index contributed by atoms with van der Waals surface area (Å²) in [4.78, 5) is 12.3. The van der Waals surface area contributed by atoms with Crippen molar-refractivity contribution in [2.24, 2.45) is 0 Å². The number of carbonyl (C=O) groups is 1. The molecule has 1 aliphatic heterocycles. The molecular weight excluding hydrogens is 343 g/mol. The molecule has 1 aromatic carbocycles. The van der Waals surface area contributed by atoms with Gasteiger partial charge in [-0.25, -0.2) is 4.79 Å². The second-order valence-electron chi connectivity index (χ2n) is 8.44. The lowest BCUT2D eigenvalue weighted by Crippen LogP contribution is -2.41. The molecule has 0 atom stereocenters. The number of ether oxygens (including phenoxy) is 1. The van der Waals surface area contributed by atoms with Gasteiger partial charge in [0.2, 0.25) is 0 Å². The summed E-state index contributed by atoms with van der Waals surface area (Å²) in [6, 6.07) is 5.67. The van der Waals surface area contributed by atoms with Crippen molar-refractivity contribution in [3.8, 4) is 0 Å². The molecule has 1 aromatic heterocycles. The zero-order valence-electron chi connectivity index (χ0n) is 17.9. The summed E-state index contributed by atoms with van der Waals surface area (Å²) in [5.41, 5.74) is 0.225. The SMILES string of the molecule is CC.CC(C)(C)OC(=O)n1ncc2cc(B3OC(C)(C)C(C)(C)O3)ccc21. The molecule has 1 saturated heterocycles. The average molecular weight is 374 g/mol. The minimum Gasteiger partial charge on any atom is -0.442 e. The normalized spacial score (nSPS) is 18.2. The monoisotopic (exact) mass is 374 g/mol. The van der Waals surface area contributed by atoms with Crippen molar-refractivity contribution in [2.45, 2.75) is 79.1 Å². The van der Waals surface area contributed by atoms with E-state index in [0.29, 0.717) is 5.52 Å². The smallest absolute Gasteiger partial charge is 0.442 e. The number of aromatic nitrogens is 2. The lowest BCUT2D eigenvalue weighted by Gasteiger charge is -2.32. The van der Waals surface area contributed by atoms with Gasteiger partial charge in [-0.05, 0) is 60.0 Å². The van der Waals surface area contributed by atoms with E-state index >= 15 is 0 Å². The van der Waals surface area contributed by atoms with Crippen LogP contribution in [0, 0.1) is 0 Å². The Bertz CT molecular complexity index is 805. The van der Waals surface area contributed by atoms with Gasteiger partial charge < -0.3 is 14.0 Å². The quantitative estimate of drug-likeness (QED) is 0.702. The summed E-state index contributed by atoms with van der Waals surface area (Å²) in [7, 11) is -0.445. The summed E-state index contributed by atoms with van der Waals surface area (Å²) in [6.07, 6.45) is 1.15. The van der Waals surface area contributed by atoms with E-state index in [1.54, 1.807) is 6.20 Å². The second kappa shape index (κ2) is 7.28. The van der Waals surface area contributed by atoms with Gasteiger partial charge in [0.05, 0.1) is 22.9 Å². The van der Waals surface area contributed by atoms with Gasteiger partial charge in [0.25, 0.3) is 0 Å². The van der Waals surface area contributed by atoms with Crippen LogP contribution >= 0.6 is 0 Å². The molecule has 3 rings (SSSR count). The fourth-order valence-corrected chi connectivity index (χ4v) is 2.63. The van der Waals surface area contributed by atoms with Crippen LogP contribution < -0.4 is 5.46 Å². The van der Waals surface area contributed by atoms with Crippen molar-refractivity contribution in [2.75, 3.05) is 0 Å². The summed E-state index contributed by atoms with van der Waals surface area (Å²) < 4.78 is 18.8. The molecule has 0 N–H and O–H groups in total. The third kappa shape index (κ3) is 4.35. The van der Waals surface area contributed by atoms with E-state index in [2.05, 4.69) is 5.10 Å². The van der Waals surface area contributed by atoms with Gasteiger partial charge in [-0.1, -0.05) is 26.0 Å². The molecule has 7 heteroatoms. The Kier molecular flexibility index (Phi) is 5.78. The zero-order chi connectivity index (χ0) is 20.6. The Labute approximate surface area is 162 Å². The lowest BCUT2D eigenvalue weighted by atomic mass is 9.79. The molecule has 0 amide bonds. The number of benzene rings is 1. The van der Waals surface area contributed by atoms with Crippen LogP contribution in [0.5, 0.6) is 0 Å². The van der Waals surface area contributed by atoms with Crippen LogP contribution in [-0.2, 0) is 14.0 Å². The van der Waals surface area contributed by atoms with Crippen LogP contribution in [0.1, 0.15) is 62.3 Å². The molecule has 2 heterocycles. The fourth-order valence-electron chi connectivity index (χ4n) is 2.63. The third-order valence-corrected chi connectivity index (χ3v) is 4.68. The minimum atomic E-state index is -0.571. The standard InChI is InChI=1S/C18H25BN2O4.C2H6/c1-16(2,3)23-15(22)21-14-9-8-13(10-12(14)11-20-21)19-24-17(4,5)18(6,7)25-19;1-2/h8-11H,1-7H3;1-2H3. The highest BCUT2D eigenvalue weighted by Gasteiger charge is 2.51. The fraction of sp³-hybridized carbons (Fsp3) is 0.600. The molecule has 1 fully saturated rings. The first-order valence-electron chi connectivity index (χ1n) is 9.46. The molecule has 0 spiro atoms. The number of carbonyl (C=O) groups excluding carboxylic acids is 1. The first-order valence-corrected chi connectivity index (χ1v) is 9.46. The Morgan fingerprint density at radius 1 is 1.11 bits per heavy atom. The van der Waals surface area contributed by atoms with Crippen LogP contribution in [0.4, 0.5) is 4.79 Å². The second-order valence-corrected chi connectivity index (χ2v) is 8.44. The van der Waals surface area contributed by atoms with Gasteiger partial charge in [0, 0.05) is 5.39 Å². The van der Waals surface area contributed by atoms with Crippen LogP contribution in [0.2, 0.25) is 0 Å². The first-order chi connectivity index (χ1) is 12.4. The molecule has 0 unspecified atom stereocenters. The Hall–Kier alpha value is -1.86. The minimum absolute atomic E-state index is 0.396. The molecule has 1 aliphatic rings. The summed E-state index contributed by atoms with van der Waals surface area (Å²) in [6.45, 7) is 17.6. The maximum absolute atomic E-state index is 12.3. The molecule has 148 valence electrons. The van der Waals surface area contributed by atoms with Gasteiger partial charge in [0.1, 0.15) is 5.60 Å². The molecule has 2 aromatic rings. The van der Waals surface area contributed by atoms with E-state index < -0.39 is 30.0 Å². The third-order valence-electron chi connectivity index (χ3n) is 4.68. The predicted molar refractivity (Wildman–Crippen MR) is 108 cm³/mol. The topological polar surface area (TPSA) is 62.6 Å².